The molecule has 0 bridgehead atoms. The van der Waals surface area contributed by atoms with Crippen LogP contribution in [0.3, 0.4) is 0 Å². The monoisotopic (exact) mass is 369 g/mol. The van der Waals surface area contributed by atoms with E-state index in [-0.39, 0.29) is 5.91 Å². The quantitative estimate of drug-likeness (QED) is 0.672. The van der Waals surface area contributed by atoms with E-state index in [1.54, 1.807) is 37.2 Å². The highest BCUT2D eigenvalue weighted by Gasteiger charge is 2.21. The van der Waals surface area contributed by atoms with E-state index >= 15 is 0 Å². The van der Waals surface area contributed by atoms with Gasteiger partial charge in [0.1, 0.15) is 11.3 Å². The minimum atomic E-state index is -1.05. The Hall–Kier alpha value is -3.07. The van der Waals surface area contributed by atoms with Crippen LogP contribution < -0.4 is 0 Å². The maximum Gasteiger partial charge on any atom is 0.256 e. The van der Waals surface area contributed by atoms with Crippen molar-refractivity contribution in [3.8, 4) is 5.69 Å². The molecular weight excluding hydrogens is 346 g/mol. The maximum absolute atomic E-state index is 13.0. The minimum absolute atomic E-state index is 0.111. The van der Waals surface area contributed by atoms with Crippen LogP contribution in [0, 0.1) is 0 Å². The van der Waals surface area contributed by atoms with Crippen molar-refractivity contribution in [2.75, 3.05) is 13.1 Å². The van der Waals surface area contributed by atoms with Gasteiger partial charge < -0.3 is 10.0 Å². The van der Waals surface area contributed by atoms with Crippen molar-refractivity contribution < 1.29 is 9.90 Å². The van der Waals surface area contributed by atoms with Crippen LogP contribution in [0.15, 0.2) is 42.9 Å². The Bertz CT molecular complexity index is 897. The summed E-state index contributed by atoms with van der Waals surface area (Å²) in [6.45, 7) is 6.64. The molecule has 27 heavy (non-hydrogen) atoms. The van der Waals surface area contributed by atoms with Gasteiger partial charge in [-0.25, -0.2) is 0 Å². The van der Waals surface area contributed by atoms with Crippen molar-refractivity contribution >= 4 is 5.91 Å². The first kappa shape index (κ1) is 18.7. The van der Waals surface area contributed by atoms with Gasteiger partial charge in [-0.1, -0.05) is 12.1 Å². The molecule has 9 heteroatoms. The fraction of sp³-hybridized carbons (Fsp3) is 0.389. The molecule has 1 aromatic carbocycles. The number of likely N-dealkylation sites (N-methyl/N-ethyl adjacent to an activating group) is 1. The number of benzene rings is 1. The largest absolute Gasteiger partial charge is 0.384 e. The summed E-state index contributed by atoms with van der Waals surface area (Å²) in [6, 6.07) is 7.24. The van der Waals surface area contributed by atoms with Crippen LogP contribution in [0.1, 0.15) is 36.8 Å². The lowest BCUT2D eigenvalue weighted by molar-refractivity contribution is 0.0714. The molecule has 9 nitrogen and oxygen atoms in total. The number of aliphatic hydroxyl groups is 1. The molecule has 0 saturated heterocycles. The summed E-state index contributed by atoms with van der Waals surface area (Å²) in [4.78, 5) is 17.7. The van der Waals surface area contributed by atoms with E-state index in [1.807, 2.05) is 25.1 Å². The number of nitrogens with zero attached hydrogens (tertiary/aromatic N) is 7. The van der Waals surface area contributed by atoms with Gasteiger partial charge in [0.05, 0.1) is 36.4 Å². The molecule has 2 aromatic heterocycles. The molecule has 0 aliphatic heterocycles. The molecular formula is C18H23N7O2. The maximum atomic E-state index is 13.0. The number of hydrogen-bond donors (Lipinski definition) is 1. The van der Waals surface area contributed by atoms with Crippen LogP contribution >= 0.6 is 0 Å². The van der Waals surface area contributed by atoms with Crippen LogP contribution in [0.2, 0.25) is 0 Å². The summed E-state index contributed by atoms with van der Waals surface area (Å²) in [5, 5.41) is 26.7. The molecule has 1 amide bonds. The number of rotatable bonds is 7. The van der Waals surface area contributed by atoms with Crippen molar-refractivity contribution in [1.29, 1.82) is 0 Å². The molecule has 0 fully saturated rings. The molecule has 0 unspecified atom stereocenters. The van der Waals surface area contributed by atoms with E-state index in [9.17, 15) is 9.90 Å². The Morgan fingerprint density at radius 2 is 1.89 bits per heavy atom. The molecule has 3 aromatic rings. The Labute approximate surface area is 157 Å². The third kappa shape index (κ3) is 4.20. The number of carbonyl (C=O) groups excluding carboxylic acids is 1. The number of aromatic nitrogens is 6. The number of carbonyl (C=O) groups is 1. The summed E-state index contributed by atoms with van der Waals surface area (Å²) >= 11 is 0. The predicted octanol–water partition coefficient (Wildman–Crippen LogP) is 1.25. The second-order valence-corrected chi connectivity index (χ2v) is 6.61. The highest BCUT2D eigenvalue weighted by Crippen LogP contribution is 2.16. The lowest BCUT2D eigenvalue weighted by Gasteiger charge is -2.21. The molecule has 0 spiro atoms. The van der Waals surface area contributed by atoms with Crippen molar-refractivity contribution in [2.45, 2.75) is 32.9 Å². The molecule has 3 rings (SSSR count). The summed E-state index contributed by atoms with van der Waals surface area (Å²) in [7, 11) is 0. The normalized spacial score (nSPS) is 11.6. The number of hydrogen-bond acceptors (Lipinski definition) is 6. The molecule has 142 valence electrons. The standard InChI is InChI=1S/C18H23N7O2/c1-4-23(11-12-24-21-13-16(22-24)18(2,3)27)17(26)14-7-5-6-8-15(14)25-19-9-10-20-25/h5-10,13,27H,4,11-12H2,1-3H3. The average Bonchev–Trinajstić information content (AvgIpc) is 3.33. The van der Waals surface area contributed by atoms with Crippen molar-refractivity contribution in [2.24, 2.45) is 0 Å². The molecule has 0 aliphatic rings. The fourth-order valence-corrected chi connectivity index (χ4v) is 2.64. The van der Waals surface area contributed by atoms with Gasteiger partial charge in [0.25, 0.3) is 5.91 Å². The van der Waals surface area contributed by atoms with E-state index < -0.39 is 5.60 Å². The van der Waals surface area contributed by atoms with E-state index in [0.717, 1.165) is 0 Å². The second kappa shape index (κ2) is 7.67. The average molecular weight is 369 g/mol. The van der Waals surface area contributed by atoms with E-state index in [0.29, 0.717) is 36.6 Å². The van der Waals surface area contributed by atoms with E-state index in [4.69, 9.17) is 0 Å². The van der Waals surface area contributed by atoms with Gasteiger partial charge in [0.2, 0.25) is 0 Å². The van der Waals surface area contributed by atoms with Crippen LogP contribution in [-0.2, 0) is 12.1 Å². The molecule has 2 heterocycles. The van der Waals surface area contributed by atoms with Crippen LogP contribution in [0.5, 0.6) is 0 Å². The van der Waals surface area contributed by atoms with Crippen molar-refractivity contribution in [3.63, 3.8) is 0 Å². The molecule has 1 N–H and O–H groups in total. The summed E-state index contributed by atoms with van der Waals surface area (Å²) in [5.74, 6) is -0.111. The minimum Gasteiger partial charge on any atom is -0.384 e. The van der Waals surface area contributed by atoms with Gasteiger partial charge in [0, 0.05) is 13.1 Å². The summed E-state index contributed by atoms with van der Waals surface area (Å²) in [5.41, 5.74) is 0.606. The topological polar surface area (TPSA) is 102 Å². The molecule has 0 atom stereocenters. The van der Waals surface area contributed by atoms with E-state index in [1.165, 1.54) is 15.8 Å². The highest BCUT2D eigenvalue weighted by molar-refractivity contribution is 5.97. The zero-order valence-electron chi connectivity index (χ0n) is 15.6. The molecule has 0 saturated carbocycles. The van der Waals surface area contributed by atoms with Crippen LogP contribution in [-0.4, -0.2) is 59.0 Å². The smallest absolute Gasteiger partial charge is 0.256 e. The summed E-state index contributed by atoms with van der Waals surface area (Å²) in [6.07, 6.45) is 4.68. The molecule has 0 aliphatic carbocycles. The third-order valence-electron chi connectivity index (χ3n) is 4.17. The second-order valence-electron chi connectivity index (χ2n) is 6.61. The van der Waals surface area contributed by atoms with Crippen LogP contribution in [0.25, 0.3) is 5.69 Å². The van der Waals surface area contributed by atoms with Gasteiger partial charge in [0.15, 0.2) is 0 Å². The van der Waals surface area contributed by atoms with Crippen molar-refractivity contribution in [1.82, 2.24) is 34.9 Å². The number of para-hydroxylation sites is 1. The first-order valence-electron chi connectivity index (χ1n) is 8.78. The first-order valence-corrected chi connectivity index (χ1v) is 8.78. The Morgan fingerprint density at radius 3 is 2.52 bits per heavy atom. The Morgan fingerprint density at radius 1 is 1.19 bits per heavy atom. The first-order chi connectivity index (χ1) is 12.9. The fourth-order valence-electron chi connectivity index (χ4n) is 2.64. The zero-order valence-corrected chi connectivity index (χ0v) is 15.6. The lowest BCUT2D eigenvalue weighted by Crippen LogP contribution is -2.35. The Kier molecular flexibility index (Phi) is 5.31. The highest BCUT2D eigenvalue weighted by atomic mass is 16.3. The van der Waals surface area contributed by atoms with Crippen LogP contribution in [0.4, 0.5) is 0 Å². The van der Waals surface area contributed by atoms with E-state index in [2.05, 4.69) is 20.4 Å². The van der Waals surface area contributed by atoms with Crippen molar-refractivity contribution in [3.05, 3.63) is 54.1 Å². The van der Waals surface area contributed by atoms with Gasteiger partial charge in [-0.15, -0.1) is 0 Å². The third-order valence-corrected chi connectivity index (χ3v) is 4.17. The van der Waals surface area contributed by atoms with Gasteiger partial charge >= 0.3 is 0 Å². The Balaban J connectivity index is 1.75. The predicted molar refractivity (Wildman–Crippen MR) is 98.2 cm³/mol. The van der Waals surface area contributed by atoms with Gasteiger partial charge in [-0.2, -0.15) is 30.0 Å². The SMILES string of the molecule is CCN(CCn1ncc(C(C)(C)O)n1)C(=O)c1ccccc1-n1nccn1. The summed E-state index contributed by atoms with van der Waals surface area (Å²) < 4.78 is 0. The lowest BCUT2D eigenvalue weighted by atomic mass is 10.1. The molecule has 0 radical (unpaired) electrons. The van der Waals surface area contributed by atoms with Gasteiger partial charge in [-0.3, -0.25) is 4.79 Å². The van der Waals surface area contributed by atoms with Gasteiger partial charge in [-0.05, 0) is 32.9 Å². The zero-order chi connectivity index (χ0) is 19.4. The number of amides is 1.